The first-order valence-corrected chi connectivity index (χ1v) is 8.88. The molecule has 0 amide bonds. The zero-order valence-corrected chi connectivity index (χ0v) is 13.4. The monoisotopic (exact) mass is 363 g/mol. The second-order valence-electron chi connectivity index (χ2n) is 4.49. The number of thiocarbonyl (C=S) groups is 1. The molecule has 1 heterocycles. The molecule has 4 nitrogen and oxygen atoms in total. The Hall–Kier alpha value is -0.660. The third-order valence-corrected chi connectivity index (χ3v) is 5.48. The lowest BCUT2D eigenvalue weighted by atomic mass is 10.1. The molecule has 0 aliphatic carbocycles. The molecule has 1 N–H and O–H groups in total. The molecule has 0 saturated carbocycles. The topological polar surface area (TPSA) is 55.4 Å². The lowest BCUT2D eigenvalue weighted by Crippen LogP contribution is -2.31. The molecule has 1 unspecified atom stereocenters. The fourth-order valence-corrected chi connectivity index (χ4v) is 4.21. The van der Waals surface area contributed by atoms with E-state index >= 15 is 0 Å². The average Bonchev–Trinajstić information content (AvgIpc) is 2.69. The molecular weight excluding hydrogens is 350 g/mol. The number of ether oxygens (including phenoxy) is 1. The molecule has 1 aliphatic heterocycles. The molecular formula is C12H14BrNO3S2. The highest BCUT2D eigenvalue weighted by molar-refractivity contribution is 9.10. The molecule has 1 saturated heterocycles. The van der Waals surface area contributed by atoms with Crippen molar-refractivity contribution in [2.75, 3.05) is 18.1 Å². The largest absolute Gasteiger partial charge is 0.432 e. The van der Waals surface area contributed by atoms with Gasteiger partial charge in [-0.15, -0.1) is 0 Å². The van der Waals surface area contributed by atoms with E-state index in [9.17, 15) is 8.42 Å². The van der Waals surface area contributed by atoms with Gasteiger partial charge in [0.2, 0.25) is 0 Å². The van der Waals surface area contributed by atoms with Crippen molar-refractivity contribution in [2.45, 2.75) is 6.42 Å². The minimum Gasteiger partial charge on any atom is -0.432 e. The minimum atomic E-state index is -2.84. The van der Waals surface area contributed by atoms with Gasteiger partial charge >= 0.3 is 0 Å². The smallest absolute Gasteiger partial charge is 0.262 e. The molecule has 1 aliphatic rings. The Morgan fingerprint density at radius 1 is 1.42 bits per heavy atom. The van der Waals surface area contributed by atoms with Crippen LogP contribution >= 0.6 is 28.1 Å². The number of sulfone groups is 1. The Labute approximate surface area is 126 Å². The first-order valence-electron chi connectivity index (χ1n) is 5.86. The van der Waals surface area contributed by atoms with E-state index < -0.39 is 9.84 Å². The first-order chi connectivity index (χ1) is 8.94. The number of hydrogen-bond donors (Lipinski definition) is 1. The molecule has 0 spiro atoms. The standard InChI is InChI=1S/C12H14BrNO3S2/c13-10-1-3-11(4-2-10)17-12(18)14-7-9-5-6-19(15,16)8-9/h1-4,9H,5-8H2,(H,14,18). The van der Waals surface area contributed by atoms with Gasteiger partial charge in [-0.1, -0.05) is 15.9 Å². The van der Waals surface area contributed by atoms with Crippen molar-refractivity contribution in [3.8, 4) is 5.75 Å². The second kappa shape index (κ2) is 6.19. The van der Waals surface area contributed by atoms with Crippen LogP contribution in [0.1, 0.15) is 6.42 Å². The summed E-state index contributed by atoms with van der Waals surface area (Å²) in [6.07, 6.45) is 0.691. The lowest BCUT2D eigenvalue weighted by Gasteiger charge is -2.12. The van der Waals surface area contributed by atoms with Gasteiger partial charge in [0.25, 0.3) is 5.17 Å². The molecule has 0 radical (unpaired) electrons. The Bertz CT molecular complexity index is 557. The molecule has 19 heavy (non-hydrogen) atoms. The number of nitrogens with one attached hydrogen (secondary N) is 1. The van der Waals surface area contributed by atoms with Crippen LogP contribution in [0.5, 0.6) is 5.75 Å². The van der Waals surface area contributed by atoms with E-state index in [-0.39, 0.29) is 22.6 Å². The summed E-state index contributed by atoms with van der Waals surface area (Å²) in [5.74, 6) is 1.29. The molecule has 1 atom stereocenters. The second-order valence-corrected chi connectivity index (χ2v) is 8.01. The Kier molecular flexibility index (Phi) is 4.81. The van der Waals surface area contributed by atoms with Gasteiger partial charge in [0.1, 0.15) is 5.75 Å². The summed E-state index contributed by atoms with van der Waals surface area (Å²) in [5, 5.41) is 3.23. The molecule has 7 heteroatoms. The maximum Gasteiger partial charge on any atom is 0.262 e. The zero-order chi connectivity index (χ0) is 13.9. The van der Waals surface area contributed by atoms with Crippen LogP contribution in [-0.4, -0.2) is 31.6 Å². The van der Waals surface area contributed by atoms with Gasteiger partial charge in [-0.2, -0.15) is 0 Å². The summed E-state index contributed by atoms with van der Waals surface area (Å²) in [6, 6.07) is 7.33. The van der Waals surface area contributed by atoms with Crippen LogP contribution in [0.2, 0.25) is 0 Å². The van der Waals surface area contributed by atoms with Crippen LogP contribution in [0.3, 0.4) is 0 Å². The van der Waals surface area contributed by atoms with Gasteiger partial charge in [0.05, 0.1) is 11.5 Å². The van der Waals surface area contributed by atoms with Crippen LogP contribution in [-0.2, 0) is 9.84 Å². The van der Waals surface area contributed by atoms with Gasteiger partial charge in [0.15, 0.2) is 9.84 Å². The van der Waals surface area contributed by atoms with Crippen molar-refractivity contribution in [3.63, 3.8) is 0 Å². The number of benzene rings is 1. The predicted molar refractivity (Wildman–Crippen MR) is 82.1 cm³/mol. The van der Waals surface area contributed by atoms with Crippen LogP contribution < -0.4 is 10.1 Å². The van der Waals surface area contributed by atoms with Crippen molar-refractivity contribution in [2.24, 2.45) is 5.92 Å². The van der Waals surface area contributed by atoms with Gasteiger partial charge < -0.3 is 10.1 Å². The summed E-state index contributed by atoms with van der Waals surface area (Å²) < 4.78 is 29.0. The fourth-order valence-electron chi connectivity index (χ4n) is 1.91. The highest BCUT2D eigenvalue weighted by Crippen LogP contribution is 2.18. The Morgan fingerprint density at radius 3 is 2.68 bits per heavy atom. The first kappa shape index (κ1) is 14.7. The third kappa shape index (κ3) is 4.74. The SMILES string of the molecule is O=S1(=O)CCC(CNC(=S)Oc2ccc(Br)cc2)C1. The Morgan fingerprint density at radius 2 is 2.11 bits per heavy atom. The summed E-state index contributed by atoms with van der Waals surface area (Å²) >= 11 is 8.40. The Balaban J connectivity index is 1.78. The van der Waals surface area contributed by atoms with Gasteiger partial charge in [-0.05, 0) is 48.8 Å². The van der Waals surface area contributed by atoms with Crippen LogP contribution in [0.25, 0.3) is 0 Å². The van der Waals surface area contributed by atoms with E-state index in [4.69, 9.17) is 17.0 Å². The zero-order valence-electron chi connectivity index (χ0n) is 10.1. The van der Waals surface area contributed by atoms with E-state index in [0.29, 0.717) is 18.7 Å². The molecule has 2 rings (SSSR count). The number of hydrogen-bond acceptors (Lipinski definition) is 4. The fraction of sp³-hybridized carbons (Fsp3) is 0.417. The highest BCUT2D eigenvalue weighted by atomic mass is 79.9. The molecule has 1 aromatic carbocycles. The molecule has 1 aromatic rings. The maximum absolute atomic E-state index is 11.3. The summed E-state index contributed by atoms with van der Waals surface area (Å²) in [6.45, 7) is 0.536. The van der Waals surface area contributed by atoms with Crippen LogP contribution in [0.4, 0.5) is 0 Å². The molecule has 1 fully saturated rings. The summed E-state index contributed by atoms with van der Waals surface area (Å²) in [5.41, 5.74) is 0. The van der Waals surface area contributed by atoms with Crippen molar-refractivity contribution in [1.82, 2.24) is 5.32 Å². The van der Waals surface area contributed by atoms with Crippen molar-refractivity contribution < 1.29 is 13.2 Å². The van der Waals surface area contributed by atoms with Crippen molar-refractivity contribution >= 4 is 43.2 Å². The normalized spacial score (nSPS) is 21.0. The molecule has 0 bridgehead atoms. The van der Waals surface area contributed by atoms with Crippen LogP contribution in [0, 0.1) is 5.92 Å². The highest BCUT2D eigenvalue weighted by Gasteiger charge is 2.27. The molecule has 104 valence electrons. The van der Waals surface area contributed by atoms with Gasteiger partial charge in [-0.25, -0.2) is 8.42 Å². The predicted octanol–water partition coefficient (Wildman–Crippen LogP) is 2.14. The van der Waals surface area contributed by atoms with Crippen molar-refractivity contribution in [1.29, 1.82) is 0 Å². The van der Waals surface area contributed by atoms with Crippen molar-refractivity contribution in [3.05, 3.63) is 28.7 Å². The lowest BCUT2D eigenvalue weighted by molar-refractivity contribution is 0.502. The summed E-state index contributed by atoms with van der Waals surface area (Å²) in [7, 11) is -2.84. The van der Waals surface area contributed by atoms with E-state index in [1.165, 1.54) is 0 Å². The quantitative estimate of drug-likeness (QED) is 0.833. The molecule has 0 aromatic heterocycles. The minimum absolute atomic E-state index is 0.122. The van der Waals surface area contributed by atoms with E-state index in [1.807, 2.05) is 12.1 Å². The van der Waals surface area contributed by atoms with Gasteiger partial charge in [-0.3, -0.25) is 0 Å². The number of rotatable bonds is 3. The van der Waals surface area contributed by atoms with E-state index in [0.717, 1.165) is 4.47 Å². The third-order valence-electron chi connectivity index (χ3n) is 2.89. The van der Waals surface area contributed by atoms with E-state index in [1.54, 1.807) is 12.1 Å². The number of halogens is 1. The van der Waals surface area contributed by atoms with Gasteiger partial charge in [0, 0.05) is 11.0 Å². The summed E-state index contributed by atoms with van der Waals surface area (Å²) in [4.78, 5) is 0. The maximum atomic E-state index is 11.3. The van der Waals surface area contributed by atoms with E-state index in [2.05, 4.69) is 21.2 Å². The average molecular weight is 364 g/mol. The van der Waals surface area contributed by atoms with Crippen LogP contribution in [0.15, 0.2) is 28.7 Å².